The predicted molar refractivity (Wildman–Crippen MR) is 71.1 cm³/mol. The van der Waals surface area contributed by atoms with Crippen LogP contribution < -0.4 is 5.32 Å². The number of aryl methyl sites for hydroxylation is 1. The zero-order valence-electron chi connectivity index (χ0n) is 10.5. The molecule has 0 amide bonds. The standard InChI is InChI=1S/C13H22N2S/c1-10-6-8-16-13(10)11(2)15(3)12-5-4-7-14-9-12/h6,8,11-12,14H,4-5,7,9H2,1-3H3. The number of rotatable bonds is 3. The largest absolute Gasteiger partial charge is 0.315 e. The van der Waals surface area contributed by atoms with E-state index >= 15 is 0 Å². The Kier molecular flexibility index (Phi) is 4.00. The lowest BCUT2D eigenvalue weighted by Gasteiger charge is -2.35. The van der Waals surface area contributed by atoms with Crippen LogP contribution in [0.2, 0.25) is 0 Å². The number of piperidine rings is 1. The summed E-state index contributed by atoms with van der Waals surface area (Å²) < 4.78 is 0. The van der Waals surface area contributed by atoms with E-state index in [0.717, 1.165) is 6.54 Å². The van der Waals surface area contributed by atoms with Crippen molar-refractivity contribution in [2.75, 3.05) is 20.1 Å². The molecule has 2 rings (SSSR count). The summed E-state index contributed by atoms with van der Waals surface area (Å²) in [4.78, 5) is 4.05. The molecule has 1 N–H and O–H groups in total. The topological polar surface area (TPSA) is 15.3 Å². The molecule has 1 aromatic heterocycles. The van der Waals surface area contributed by atoms with Gasteiger partial charge < -0.3 is 5.32 Å². The molecule has 3 heteroatoms. The van der Waals surface area contributed by atoms with E-state index in [4.69, 9.17) is 0 Å². The maximum Gasteiger partial charge on any atom is 0.0416 e. The van der Waals surface area contributed by atoms with Gasteiger partial charge in [-0.3, -0.25) is 4.90 Å². The lowest BCUT2D eigenvalue weighted by molar-refractivity contribution is 0.158. The minimum atomic E-state index is 0.546. The van der Waals surface area contributed by atoms with E-state index in [9.17, 15) is 0 Å². The van der Waals surface area contributed by atoms with Gasteiger partial charge in [0, 0.05) is 23.5 Å². The van der Waals surface area contributed by atoms with Crippen LogP contribution in [-0.2, 0) is 0 Å². The van der Waals surface area contributed by atoms with Crippen molar-refractivity contribution in [1.82, 2.24) is 10.2 Å². The first-order valence-electron chi connectivity index (χ1n) is 6.17. The van der Waals surface area contributed by atoms with Crippen molar-refractivity contribution in [3.8, 4) is 0 Å². The molecule has 1 fully saturated rings. The Morgan fingerprint density at radius 1 is 1.56 bits per heavy atom. The number of thiophene rings is 1. The highest BCUT2D eigenvalue weighted by molar-refractivity contribution is 7.10. The van der Waals surface area contributed by atoms with Gasteiger partial charge in [-0.05, 0) is 57.3 Å². The molecule has 2 unspecified atom stereocenters. The summed E-state index contributed by atoms with van der Waals surface area (Å²) in [5, 5.41) is 5.69. The molecule has 0 spiro atoms. The first-order valence-corrected chi connectivity index (χ1v) is 7.04. The maximum atomic E-state index is 3.49. The smallest absolute Gasteiger partial charge is 0.0416 e. The summed E-state index contributed by atoms with van der Waals surface area (Å²) in [6, 6.07) is 3.47. The van der Waals surface area contributed by atoms with Crippen LogP contribution in [-0.4, -0.2) is 31.1 Å². The van der Waals surface area contributed by atoms with Gasteiger partial charge in [0.15, 0.2) is 0 Å². The van der Waals surface area contributed by atoms with Gasteiger partial charge in [0.2, 0.25) is 0 Å². The van der Waals surface area contributed by atoms with E-state index < -0.39 is 0 Å². The summed E-state index contributed by atoms with van der Waals surface area (Å²) in [5.41, 5.74) is 1.44. The molecule has 1 aliphatic heterocycles. The number of hydrogen-bond donors (Lipinski definition) is 1. The lowest BCUT2D eigenvalue weighted by atomic mass is 10.0. The van der Waals surface area contributed by atoms with Gasteiger partial charge in [-0.1, -0.05) is 0 Å². The van der Waals surface area contributed by atoms with E-state index in [-0.39, 0.29) is 0 Å². The molecule has 0 aliphatic carbocycles. The summed E-state index contributed by atoms with van der Waals surface area (Å²) in [6.07, 6.45) is 2.64. The highest BCUT2D eigenvalue weighted by atomic mass is 32.1. The Morgan fingerprint density at radius 2 is 2.38 bits per heavy atom. The van der Waals surface area contributed by atoms with Crippen LogP contribution in [0.1, 0.15) is 36.2 Å². The van der Waals surface area contributed by atoms with Crippen LogP contribution >= 0.6 is 11.3 Å². The fourth-order valence-electron chi connectivity index (χ4n) is 2.49. The van der Waals surface area contributed by atoms with Gasteiger partial charge in [0.1, 0.15) is 0 Å². The molecule has 0 radical (unpaired) electrons. The van der Waals surface area contributed by atoms with E-state index in [1.165, 1.54) is 29.8 Å². The molecular formula is C13H22N2S. The van der Waals surface area contributed by atoms with Crippen molar-refractivity contribution in [3.63, 3.8) is 0 Å². The van der Waals surface area contributed by atoms with E-state index in [0.29, 0.717) is 12.1 Å². The molecule has 2 heterocycles. The molecule has 0 bridgehead atoms. The minimum Gasteiger partial charge on any atom is -0.315 e. The second kappa shape index (κ2) is 5.30. The van der Waals surface area contributed by atoms with Crippen molar-refractivity contribution < 1.29 is 0 Å². The third kappa shape index (κ3) is 2.47. The molecule has 2 nitrogen and oxygen atoms in total. The van der Waals surface area contributed by atoms with E-state index in [1.807, 2.05) is 11.3 Å². The molecule has 1 aliphatic rings. The average Bonchev–Trinajstić information content (AvgIpc) is 2.75. The average molecular weight is 238 g/mol. The SMILES string of the molecule is Cc1ccsc1C(C)N(C)C1CCCNC1. The van der Waals surface area contributed by atoms with Crippen LogP contribution in [0.3, 0.4) is 0 Å². The summed E-state index contributed by atoms with van der Waals surface area (Å²) in [6.45, 7) is 6.88. The highest BCUT2D eigenvalue weighted by Crippen LogP contribution is 2.29. The van der Waals surface area contributed by atoms with Crippen LogP contribution in [0.25, 0.3) is 0 Å². The number of nitrogens with one attached hydrogen (secondary N) is 1. The molecule has 0 aromatic carbocycles. The normalized spacial score (nSPS) is 23.6. The predicted octanol–water partition coefficient (Wildman–Crippen LogP) is 2.80. The third-order valence-electron chi connectivity index (χ3n) is 3.74. The first-order chi connectivity index (χ1) is 7.70. The van der Waals surface area contributed by atoms with Crippen molar-refractivity contribution in [3.05, 3.63) is 21.9 Å². The highest BCUT2D eigenvalue weighted by Gasteiger charge is 2.23. The maximum absolute atomic E-state index is 3.49. The summed E-state index contributed by atoms with van der Waals surface area (Å²) in [7, 11) is 2.27. The third-order valence-corrected chi connectivity index (χ3v) is 4.93. The monoisotopic (exact) mass is 238 g/mol. The van der Waals surface area contributed by atoms with Crippen molar-refractivity contribution in [2.45, 2.75) is 38.8 Å². The Bertz CT molecular complexity index is 328. The molecule has 1 saturated heterocycles. The van der Waals surface area contributed by atoms with Crippen LogP contribution in [0.15, 0.2) is 11.4 Å². The van der Waals surface area contributed by atoms with Gasteiger partial charge in [-0.2, -0.15) is 0 Å². The molecule has 16 heavy (non-hydrogen) atoms. The second-order valence-electron chi connectivity index (χ2n) is 4.81. The fraction of sp³-hybridized carbons (Fsp3) is 0.692. The minimum absolute atomic E-state index is 0.546. The Morgan fingerprint density at radius 3 is 2.94 bits per heavy atom. The Hall–Kier alpha value is -0.380. The van der Waals surface area contributed by atoms with Crippen molar-refractivity contribution >= 4 is 11.3 Å². The van der Waals surface area contributed by atoms with Crippen molar-refractivity contribution in [2.24, 2.45) is 0 Å². The zero-order valence-corrected chi connectivity index (χ0v) is 11.3. The summed E-state index contributed by atoms with van der Waals surface area (Å²) >= 11 is 1.89. The van der Waals surface area contributed by atoms with Crippen molar-refractivity contribution in [1.29, 1.82) is 0 Å². The molecular weight excluding hydrogens is 216 g/mol. The molecule has 1 aromatic rings. The number of nitrogens with zero attached hydrogens (tertiary/aromatic N) is 1. The van der Waals surface area contributed by atoms with E-state index in [1.54, 1.807) is 0 Å². The van der Waals surface area contributed by atoms with Gasteiger partial charge >= 0.3 is 0 Å². The number of hydrogen-bond acceptors (Lipinski definition) is 3. The molecule has 0 saturated carbocycles. The quantitative estimate of drug-likeness (QED) is 0.871. The second-order valence-corrected chi connectivity index (χ2v) is 5.76. The first kappa shape index (κ1) is 12.1. The Labute approximate surface area is 103 Å². The van der Waals surface area contributed by atoms with Gasteiger partial charge in [-0.25, -0.2) is 0 Å². The van der Waals surface area contributed by atoms with Gasteiger partial charge in [0.25, 0.3) is 0 Å². The van der Waals surface area contributed by atoms with Gasteiger partial charge in [-0.15, -0.1) is 11.3 Å². The van der Waals surface area contributed by atoms with Crippen LogP contribution in [0, 0.1) is 6.92 Å². The van der Waals surface area contributed by atoms with Gasteiger partial charge in [0.05, 0.1) is 0 Å². The molecule has 2 atom stereocenters. The Balaban J connectivity index is 2.03. The van der Waals surface area contributed by atoms with E-state index in [2.05, 4.69) is 42.6 Å². The fourth-order valence-corrected chi connectivity index (χ4v) is 3.53. The molecule has 90 valence electrons. The zero-order chi connectivity index (χ0) is 11.5. The summed E-state index contributed by atoms with van der Waals surface area (Å²) in [5.74, 6) is 0. The van der Waals surface area contributed by atoms with Crippen LogP contribution in [0.4, 0.5) is 0 Å². The number of likely N-dealkylation sites (N-methyl/N-ethyl adjacent to an activating group) is 1. The lowest BCUT2D eigenvalue weighted by Crippen LogP contribution is -2.44. The van der Waals surface area contributed by atoms with Crippen LogP contribution in [0.5, 0.6) is 0 Å².